The highest BCUT2D eigenvalue weighted by atomic mass is 16.3. The summed E-state index contributed by atoms with van der Waals surface area (Å²) in [4.78, 5) is 23.1. The molecule has 0 spiro atoms. The molecule has 1 aliphatic rings. The lowest BCUT2D eigenvalue weighted by molar-refractivity contribution is -0.137. The third-order valence-corrected chi connectivity index (χ3v) is 1.53. The van der Waals surface area contributed by atoms with Gasteiger partial charge >= 0.3 is 0 Å². The highest BCUT2D eigenvalue weighted by Gasteiger charge is 2.28. The number of amides is 2. The summed E-state index contributed by atoms with van der Waals surface area (Å²) in [6.07, 6.45) is 2.49. The van der Waals surface area contributed by atoms with Crippen LogP contribution in [0.4, 0.5) is 0 Å². The van der Waals surface area contributed by atoms with Crippen molar-refractivity contribution in [2.24, 2.45) is 0 Å². The zero-order chi connectivity index (χ0) is 12.0. The monoisotopic (exact) mass is 211 g/mol. The quantitative estimate of drug-likeness (QED) is 0.559. The second-order valence-electron chi connectivity index (χ2n) is 3.33. The van der Waals surface area contributed by atoms with Crippen LogP contribution in [-0.2, 0) is 9.59 Å². The molecule has 1 aliphatic heterocycles. The maximum Gasteiger partial charge on any atom is 0.256 e. The molecule has 0 unspecified atom stereocenters. The lowest BCUT2D eigenvalue weighted by Crippen LogP contribution is -2.32. The maximum atomic E-state index is 11.1. The van der Waals surface area contributed by atoms with Crippen molar-refractivity contribution in [1.82, 2.24) is 4.90 Å². The van der Waals surface area contributed by atoms with Gasteiger partial charge in [-0.25, -0.2) is 0 Å². The smallest absolute Gasteiger partial charge is 0.256 e. The number of aliphatic hydroxyl groups excluding tert-OH is 1. The van der Waals surface area contributed by atoms with Crippen LogP contribution in [0.15, 0.2) is 24.0 Å². The molecule has 1 N–H and O–H groups in total. The highest BCUT2D eigenvalue weighted by Crippen LogP contribution is 2.12. The molecule has 0 aliphatic carbocycles. The Morgan fingerprint density at radius 3 is 2.20 bits per heavy atom. The van der Waals surface area contributed by atoms with E-state index in [9.17, 15) is 9.59 Å². The van der Waals surface area contributed by atoms with Gasteiger partial charge in [0.2, 0.25) is 0 Å². The van der Waals surface area contributed by atoms with Gasteiger partial charge in [0.05, 0.1) is 6.54 Å². The molecule has 1 rings (SSSR count). The Bertz CT molecular complexity index is 305. The predicted octanol–water partition coefficient (Wildman–Crippen LogP) is 1.79. The van der Waals surface area contributed by atoms with Gasteiger partial charge in [0, 0.05) is 11.6 Å². The van der Waals surface area contributed by atoms with Crippen molar-refractivity contribution in [3.8, 4) is 0 Å². The Morgan fingerprint density at radius 2 is 1.93 bits per heavy atom. The Morgan fingerprint density at radius 1 is 1.47 bits per heavy atom. The minimum atomic E-state index is -0.396. The van der Waals surface area contributed by atoms with Gasteiger partial charge in [0.25, 0.3) is 11.8 Å². The van der Waals surface area contributed by atoms with Crippen LogP contribution in [0.1, 0.15) is 27.2 Å². The van der Waals surface area contributed by atoms with Crippen LogP contribution >= 0.6 is 0 Å². The van der Waals surface area contributed by atoms with E-state index in [2.05, 4.69) is 20.4 Å². The number of aliphatic hydroxyl groups is 1. The summed E-state index contributed by atoms with van der Waals surface area (Å²) in [5.74, 6) is -0.956. The van der Waals surface area contributed by atoms with Gasteiger partial charge < -0.3 is 5.11 Å². The first kappa shape index (κ1) is 13.4. The van der Waals surface area contributed by atoms with Crippen LogP contribution in [0.5, 0.6) is 0 Å². The Hall–Kier alpha value is -1.58. The molecule has 0 radical (unpaired) electrons. The summed E-state index contributed by atoms with van der Waals surface area (Å²) in [5.41, 5.74) is 0.390. The third kappa shape index (κ3) is 3.97. The fraction of sp³-hybridized carbons (Fsp3) is 0.455. The SMILES string of the molecule is C=C(O)CN1C(=O)C=C(C)C1=O.CCC. The number of imide groups is 1. The number of rotatable bonds is 2. The molecule has 0 aromatic carbocycles. The molecule has 0 fully saturated rings. The average Bonchev–Trinajstić information content (AvgIpc) is 2.33. The van der Waals surface area contributed by atoms with E-state index < -0.39 is 5.91 Å². The van der Waals surface area contributed by atoms with Gasteiger partial charge in [-0.2, -0.15) is 0 Å². The molecule has 0 aromatic rings. The summed E-state index contributed by atoms with van der Waals surface area (Å²) in [7, 11) is 0. The molecule has 15 heavy (non-hydrogen) atoms. The average molecular weight is 211 g/mol. The van der Waals surface area contributed by atoms with E-state index in [1.165, 1.54) is 12.5 Å². The van der Waals surface area contributed by atoms with E-state index in [4.69, 9.17) is 5.11 Å². The lowest BCUT2D eigenvalue weighted by atomic mass is 10.3. The van der Waals surface area contributed by atoms with Gasteiger partial charge in [-0.3, -0.25) is 14.5 Å². The van der Waals surface area contributed by atoms with Crippen LogP contribution in [0, 0.1) is 0 Å². The second-order valence-corrected chi connectivity index (χ2v) is 3.33. The second kappa shape index (κ2) is 6.01. The van der Waals surface area contributed by atoms with Gasteiger partial charge in [-0.1, -0.05) is 26.8 Å². The Kier molecular flexibility index (Phi) is 5.37. The first-order valence-corrected chi connectivity index (χ1v) is 4.84. The Labute approximate surface area is 89.9 Å². The fourth-order valence-corrected chi connectivity index (χ4v) is 0.970. The largest absolute Gasteiger partial charge is 0.511 e. The summed E-state index contributed by atoms with van der Waals surface area (Å²) >= 11 is 0. The summed E-state index contributed by atoms with van der Waals surface area (Å²) < 4.78 is 0. The van der Waals surface area contributed by atoms with Gasteiger partial charge in [0.15, 0.2) is 0 Å². The third-order valence-electron chi connectivity index (χ3n) is 1.53. The molecule has 4 nitrogen and oxygen atoms in total. The van der Waals surface area contributed by atoms with E-state index in [0.717, 1.165) is 4.90 Å². The number of hydrogen-bond donors (Lipinski definition) is 1. The number of carbonyl (C=O) groups is 2. The molecule has 84 valence electrons. The van der Waals surface area contributed by atoms with Crippen LogP contribution in [-0.4, -0.2) is 28.4 Å². The number of carbonyl (C=O) groups excluding carboxylic acids is 2. The van der Waals surface area contributed by atoms with Crippen LogP contribution < -0.4 is 0 Å². The van der Waals surface area contributed by atoms with Crippen molar-refractivity contribution in [3.05, 3.63) is 24.0 Å². The topological polar surface area (TPSA) is 57.6 Å². The first-order valence-electron chi connectivity index (χ1n) is 4.84. The molecule has 4 heteroatoms. The minimum Gasteiger partial charge on any atom is -0.511 e. The van der Waals surface area contributed by atoms with E-state index in [0.29, 0.717) is 5.57 Å². The molecule has 0 atom stereocenters. The Balaban J connectivity index is 0.000000583. The van der Waals surface area contributed by atoms with E-state index in [1.54, 1.807) is 6.92 Å². The first-order chi connectivity index (χ1) is 6.93. The molecular formula is C11H17NO3. The fourth-order valence-electron chi connectivity index (χ4n) is 0.970. The summed E-state index contributed by atoms with van der Waals surface area (Å²) in [6.45, 7) is 8.89. The minimum absolute atomic E-state index is 0.120. The van der Waals surface area contributed by atoms with Crippen LogP contribution in [0.3, 0.4) is 0 Å². The van der Waals surface area contributed by atoms with Crippen molar-refractivity contribution in [3.63, 3.8) is 0 Å². The molecule has 0 saturated heterocycles. The molecule has 0 aromatic heterocycles. The highest BCUT2D eigenvalue weighted by molar-refractivity contribution is 6.15. The van der Waals surface area contributed by atoms with Crippen molar-refractivity contribution in [2.45, 2.75) is 27.2 Å². The predicted molar refractivity (Wildman–Crippen MR) is 58.2 cm³/mol. The van der Waals surface area contributed by atoms with E-state index in [1.807, 2.05) is 0 Å². The molecular weight excluding hydrogens is 194 g/mol. The van der Waals surface area contributed by atoms with E-state index >= 15 is 0 Å². The molecule has 0 saturated carbocycles. The zero-order valence-electron chi connectivity index (χ0n) is 9.41. The zero-order valence-corrected chi connectivity index (χ0v) is 9.41. The van der Waals surface area contributed by atoms with Gasteiger partial charge in [-0.15, -0.1) is 0 Å². The molecule has 2 amide bonds. The summed E-state index contributed by atoms with van der Waals surface area (Å²) in [6, 6.07) is 0. The molecule has 0 bridgehead atoms. The number of nitrogens with zero attached hydrogens (tertiary/aromatic N) is 1. The standard InChI is InChI=1S/C8H9NO3.C3H8/c1-5-3-7(11)9(8(5)12)4-6(2)10;1-3-2/h3,10H,2,4H2,1H3;3H2,1-2H3. The van der Waals surface area contributed by atoms with Gasteiger partial charge in [-0.05, 0) is 6.92 Å². The van der Waals surface area contributed by atoms with Crippen molar-refractivity contribution >= 4 is 11.8 Å². The van der Waals surface area contributed by atoms with E-state index in [-0.39, 0.29) is 18.2 Å². The van der Waals surface area contributed by atoms with Crippen LogP contribution in [0.25, 0.3) is 0 Å². The van der Waals surface area contributed by atoms with Crippen molar-refractivity contribution in [2.75, 3.05) is 6.54 Å². The van der Waals surface area contributed by atoms with Crippen LogP contribution in [0.2, 0.25) is 0 Å². The lowest BCUT2D eigenvalue weighted by Gasteiger charge is -2.12. The normalized spacial score (nSPS) is 14.6. The van der Waals surface area contributed by atoms with Crippen molar-refractivity contribution < 1.29 is 14.7 Å². The molecule has 1 heterocycles. The maximum absolute atomic E-state index is 11.1. The summed E-state index contributed by atoms with van der Waals surface area (Å²) in [5, 5.41) is 8.77. The van der Waals surface area contributed by atoms with Gasteiger partial charge in [0.1, 0.15) is 5.76 Å². The van der Waals surface area contributed by atoms with Crippen molar-refractivity contribution in [1.29, 1.82) is 0 Å². The number of hydrogen-bond acceptors (Lipinski definition) is 3.